The van der Waals surface area contributed by atoms with E-state index >= 15 is 0 Å². The molecule has 0 aromatic heterocycles. The third-order valence-corrected chi connectivity index (χ3v) is 4.51. The fraction of sp³-hybridized carbons (Fsp3) is 0.273. The van der Waals surface area contributed by atoms with Gasteiger partial charge in [-0.2, -0.15) is 0 Å². The Morgan fingerprint density at radius 1 is 1.15 bits per heavy atom. The first-order chi connectivity index (χ1) is 12.9. The molecule has 0 radical (unpaired) electrons. The minimum absolute atomic E-state index is 0.269. The number of carbonyl (C=O) groups excluding carboxylic acids is 2. The zero-order valence-electron chi connectivity index (χ0n) is 16.1. The maximum Gasteiger partial charge on any atom is 0.333 e. The van der Waals surface area contributed by atoms with E-state index in [0.29, 0.717) is 12.3 Å². The molecule has 0 unspecified atom stereocenters. The molecule has 1 aliphatic heterocycles. The molecule has 0 aliphatic carbocycles. The van der Waals surface area contributed by atoms with Crippen LogP contribution in [0.4, 0.5) is 10.5 Å². The lowest BCUT2D eigenvalue weighted by Crippen LogP contribution is -2.30. The van der Waals surface area contributed by atoms with Crippen molar-refractivity contribution in [1.29, 1.82) is 0 Å². The van der Waals surface area contributed by atoms with Crippen LogP contribution in [0.1, 0.15) is 43.4 Å². The van der Waals surface area contributed by atoms with E-state index in [0.717, 1.165) is 27.3 Å². The third kappa shape index (κ3) is 3.72. The fourth-order valence-electron chi connectivity index (χ4n) is 3.11. The standard InChI is InChI=1S/C22H24N2O3/c1-5-27-20-11-15(4)16(12-18(20)14(2)3)13-19-21(25)24(22(26)23-19)17-9-7-6-8-10-17/h6-14H,5H2,1-4H3,(H,23,26). The number of imide groups is 1. The van der Waals surface area contributed by atoms with Crippen LogP contribution in [0, 0.1) is 6.92 Å². The van der Waals surface area contributed by atoms with Gasteiger partial charge in [0, 0.05) is 0 Å². The highest BCUT2D eigenvalue weighted by Gasteiger charge is 2.34. The monoisotopic (exact) mass is 364 g/mol. The second-order valence-electron chi connectivity index (χ2n) is 6.80. The van der Waals surface area contributed by atoms with Crippen molar-refractivity contribution in [3.05, 3.63) is 64.9 Å². The number of carbonyl (C=O) groups is 2. The van der Waals surface area contributed by atoms with Gasteiger partial charge in [0.15, 0.2) is 0 Å². The maximum atomic E-state index is 12.8. The van der Waals surface area contributed by atoms with Crippen LogP contribution in [0.15, 0.2) is 48.2 Å². The number of amides is 3. The normalized spacial score (nSPS) is 15.6. The molecule has 3 amide bonds. The van der Waals surface area contributed by atoms with Crippen molar-refractivity contribution in [2.24, 2.45) is 0 Å². The maximum absolute atomic E-state index is 12.8. The van der Waals surface area contributed by atoms with Gasteiger partial charge in [0.25, 0.3) is 5.91 Å². The van der Waals surface area contributed by atoms with Gasteiger partial charge in [-0.25, -0.2) is 9.69 Å². The molecule has 5 heteroatoms. The summed E-state index contributed by atoms with van der Waals surface area (Å²) in [6, 6.07) is 12.5. The Labute approximate surface area is 159 Å². The van der Waals surface area contributed by atoms with Gasteiger partial charge < -0.3 is 10.1 Å². The lowest BCUT2D eigenvalue weighted by Gasteiger charge is -2.16. The molecule has 27 heavy (non-hydrogen) atoms. The van der Waals surface area contributed by atoms with Crippen LogP contribution in [0.2, 0.25) is 0 Å². The zero-order chi connectivity index (χ0) is 19.6. The average molecular weight is 364 g/mol. The molecule has 1 heterocycles. The van der Waals surface area contributed by atoms with Crippen molar-refractivity contribution in [3.8, 4) is 5.75 Å². The van der Waals surface area contributed by atoms with E-state index in [-0.39, 0.29) is 17.5 Å². The number of benzene rings is 2. The topological polar surface area (TPSA) is 58.6 Å². The number of nitrogens with zero attached hydrogens (tertiary/aromatic N) is 1. The average Bonchev–Trinajstić information content (AvgIpc) is 2.91. The van der Waals surface area contributed by atoms with E-state index in [1.54, 1.807) is 30.3 Å². The van der Waals surface area contributed by atoms with Crippen LogP contribution < -0.4 is 15.0 Å². The Kier molecular flexibility index (Phi) is 5.31. The lowest BCUT2D eigenvalue weighted by molar-refractivity contribution is -0.113. The largest absolute Gasteiger partial charge is 0.494 e. The summed E-state index contributed by atoms with van der Waals surface area (Å²) in [6.45, 7) is 8.73. The second-order valence-corrected chi connectivity index (χ2v) is 6.80. The van der Waals surface area contributed by atoms with E-state index in [2.05, 4.69) is 19.2 Å². The number of hydrogen-bond acceptors (Lipinski definition) is 3. The number of urea groups is 1. The highest BCUT2D eigenvalue weighted by Crippen LogP contribution is 2.31. The number of anilines is 1. The van der Waals surface area contributed by atoms with Gasteiger partial charge >= 0.3 is 6.03 Å². The molecule has 1 N–H and O–H groups in total. The Balaban J connectivity index is 1.98. The first-order valence-corrected chi connectivity index (χ1v) is 9.12. The fourth-order valence-corrected chi connectivity index (χ4v) is 3.11. The highest BCUT2D eigenvalue weighted by atomic mass is 16.5. The van der Waals surface area contributed by atoms with Crippen LogP contribution in [0.25, 0.3) is 6.08 Å². The molecule has 140 valence electrons. The molecule has 0 spiro atoms. The van der Waals surface area contributed by atoms with Crippen LogP contribution in [0.3, 0.4) is 0 Å². The predicted octanol–water partition coefficient (Wildman–Crippen LogP) is 4.61. The van der Waals surface area contributed by atoms with Crippen molar-refractivity contribution in [3.63, 3.8) is 0 Å². The van der Waals surface area contributed by atoms with Gasteiger partial charge in [-0.05, 0) is 66.8 Å². The summed E-state index contributed by atoms with van der Waals surface area (Å²) in [6.07, 6.45) is 1.74. The lowest BCUT2D eigenvalue weighted by atomic mass is 9.96. The summed E-state index contributed by atoms with van der Waals surface area (Å²) in [4.78, 5) is 26.2. The van der Waals surface area contributed by atoms with Crippen molar-refractivity contribution >= 4 is 23.7 Å². The van der Waals surface area contributed by atoms with Crippen LogP contribution >= 0.6 is 0 Å². The number of hydrogen-bond donors (Lipinski definition) is 1. The molecule has 2 aromatic rings. The van der Waals surface area contributed by atoms with Gasteiger partial charge in [-0.1, -0.05) is 32.0 Å². The summed E-state index contributed by atoms with van der Waals surface area (Å²) in [5.41, 5.74) is 3.77. The number of aryl methyl sites for hydroxylation is 1. The van der Waals surface area contributed by atoms with Crippen LogP contribution in [-0.4, -0.2) is 18.5 Å². The van der Waals surface area contributed by atoms with Gasteiger partial charge in [-0.3, -0.25) is 4.79 Å². The molecular formula is C22H24N2O3. The van der Waals surface area contributed by atoms with Crippen LogP contribution in [0.5, 0.6) is 5.75 Å². The Morgan fingerprint density at radius 3 is 2.48 bits per heavy atom. The van der Waals surface area contributed by atoms with Gasteiger partial charge in [0.2, 0.25) is 0 Å². The second kappa shape index (κ2) is 7.66. The molecule has 0 atom stereocenters. The van der Waals surface area contributed by atoms with E-state index in [1.807, 2.05) is 32.0 Å². The first kappa shape index (κ1) is 18.7. The Hall–Kier alpha value is -3.08. The van der Waals surface area contributed by atoms with Crippen molar-refractivity contribution < 1.29 is 14.3 Å². The first-order valence-electron chi connectivity index (χ1n) is 9.12. The third-order valence-electron chi connectivity index (χ3n) is 4.51. The molecule has 0 bridgehead atoms. The van der Waals surface area contributed by atoms with Crippen molar-refractivity contribution in [2.45, 2.75) is 33.6 Å². The number of rotatable bonds is 5. The molecule has 1 saturated heterocycles. The number of ether oxygens (including phenoxy) is 1. The van der Waals surface area contributed by atoms with Crippen molar-refractivity contribution in [2.75, 3.05) is 11.5 Å². The molecule has 1 fully saturated rings. The highest BCUT2D eigenvalue weighted by molar-refractivity contribution is 6.28. The quantitative estimate of drug-likeness (QED) is 0.622. The molecule has 2 aromatic carbocycles. The number of para-hydroxylation sites is 1. The molecule has 0 saturated carbocycles. The Morgan fingerprint density at radius 2 is 1.85 bits per heavy atom. The SMILES string of the molecule is CCOc1cc(C)c(C=C2NC(=O)N(c3ccccc3)C2=O)cc1C(C)C. The summed E-state index contributed by atoms with van der Waals surface area (Å²) in [5.74, 6) is 0.782. The molecule has 3 rings (SSSR count). The minimum atomic E-state index is -0.440. The van der Waals surface area contributed by atoms with E-state index in [1.165, 1.54) is 0 Å². The van der Waals surface area contributed by atoms with Gasteiger partial charge in [0.1, 0.15) is 11.4 Å². The zero-order valence-corrected chi connectivity index (χ0v) is 16.1. The van der Waals surface area contributed by atoms with E-state index in [9.17, 15) is 9.59 Å². The predicted molar refractivity (Wildman–Crippen MR) is 107 cm³/mol. The minimum Gasteiger partial charge on any atom is -0.494 e. The van der Waals surface area contributed by atoms with Gasteiger partial charge in [0.05, 0.1) is 12.3 Å². The summed E-state index contributed by atoms with van der Waals surface area (Å²) < 4.78 is 5.75. The van der Waals surface area contributed by atoms with Gasteiger partial charge in [-0.15, -0.1) is 0 Å². The smallest absolute Gasteiger partial charge is 0.333 e. The molecule has 1 aliphatic rings. The number of nitrogens with one attached hydrogen (secondary N) is 1. The van der Waals surface area contributed by atoms with E-state index in [4.69, 9.17) is 4.74 Å². The van der Waals surface area contributed by atoms with Crippen molar-refractivity contribution in [1.82, 2.24) is 5.32 Å². The van der Waals surface area contributed by atoms with E-state index < -0.39 is 6.03 Å². The summed E-state index contributed by atoms with van der Waals surface area (Å²) in [5, 5.41) is 2.68. The Bertz CT molecular complexity index is 901. The summed E-state index contributed by atoms with van der Waals surface area (Å²) in [7, 11) is 0. The van der Waals surface area contributed by atoms with Crippen LogP contribution in [-0.2, 0) is 4.79 Å². The molecular weight excluding hydrogens is 340 g/mol. The summed E-state index contributed by atoms with van der Waals surface area (Å²) >= 11 is 0. The molecule has 5 nitrogen and oxygen atoms in total.